The molecule has 12 heteroatoms. The van der Waals surface area contributed by atoms with Crippen molar-refractivity contribution in [1.82, 2.24) is 24.8 Å². The van der Waals surface area contributed by atoms with Crippen molar-refractivity contribution >= 4 is 29.9 Å². The second kappa shape index (κ2) is 15.1. The quantitative estimate of drug-likeness (QED) is 0.217. The smallest absolute Gasteiger partial charge is 0.414 e. The van der Waals surface area contributed by atoms with Crippen molar-refractivity contribution in [2.45, 2.75) is 51.1 Å². The molecule has 2 atom stereocenters. The van der Waals surface area contributed by atoms with Gasteiger partial charge in [0.2, 0.25) is 17.8 Å². The van der Waals surface area contributed by atoms with Crippen molar-refractivity contribution in [1.29, 1.82) is 0 Å². The number of hydrogen-bond acceptors (Lipinski definition) is 10. The Morgan fingerprint density at radius 3 is 2.21 bits per heavy atom. The third kappa shape index (κ3) is 9.81. The van der Waals surface area contributed by atoms with Gasteiger partial charge in [-0.2, -0.15) is 15.0 Å². The second-order valence-corrected chi connectivity index (χ2v) is 11.1. The normalized spacial score (nSPS) is 15.5. The van der Waals surface area contributed by atoms with Crippen LogP contribution in [0.4, 0.5) is 22.6 Å². The Hall–Kier alpha value is -4.45. The third-order valence-electron chi connectivity index (χ3n) is 7.42. The monoisotopic (exact) mass is 590 g/mol. The number of likely N-dealkylation sites (tertiary alicyclic amines) is 1. The maximum absolute atomic E-state index is 12.2. The number of amides is 1. The Morgan fingerprint density at radius 2 is 1.60 bits per heavy atom. The van der Waals surface area contributed by atoms with Crippen molar-refractivity contribution in [3.8, 4) is 5.75 Å². The zero-order valence-electron chi connectivity index (χ0n) is 25.3. The van der Waals surface area contributed by atoms with Gasteiger partial charge in [-0.15, -0.1) is 0 Å². The molecular formula is C31H42N8O4. The summed E-state index contributed by atoms with van der Waals surface area (Å²) in [4.78, 5) is 41.3. The van der Waals surface area contributed by atoms with Gasteiger partial charge in [-0.1, -0.05) is 42.0 Å². The summed E-state index contributed by atoms with van der Waals surface area (Å²) in [5, 5.41) is 19.6. The van der Waals surface area contributed by atoms with Crippen molar-refractivity contribution in [2.75, 3.05) is 56.7 Å². The van der Waals surface area contributed by atoms with Crippen LogP contribution >= 0.6 is 0 Å². The van der Waals surface area contributed by atoms with Gasteiger partial charge in [-0.25, -0.2) is 9.59 Å². The minimum Gasteiger partial charge on any atom is -0.480 e. The van der Waals surface area contributed by atoms with Crippen LogP contribution in [-0.4, -0.2) is 94.8 Å². The number of benzene rings is 2. The number of aromatic nitrogens is 3. The number of hydrogen-bond donors (Lipinski definition) is 4. The molecule has 1 amide bonds. The van der Waals surface area contributed by atoms with Crippen LogP contribution in [0.1, 0.15) is 36.0 Å². The lowest BCUT2D eigenvalue weighted by Gasteiger charge is -2.19. The molecule has 0 aliphatic carbocycles. The number of carbonyl (C=O) groups excluding carboxylic acids is 1. The molecule has 0 spiro atoms. The first kappa shape index (κ1) is 31.5. The molecule has 3 aromatic rings. The van der Waals surface area contributed by atoms with Crippen LogP contribution in [0.2, 0.25) is 0 Å². The van der Waals surface area contributed by atoms with E-state index >= 15 is 0 Å². The maximum atomic E-state index is 12.2. The summed E-state index contributed by atoms with van der Waals surface area (Å²) < 4.78 is 5.25. The van der Waals surface area contributed by atoms with Crippen molar-refractivity contribution in [3.63, 3.8) is 0 Å². The zero-order valence-corrected chi connectivity index (χ0v) is 25.3. The van der Waals surface area contributed by atoms with E-state index in [9.17, 15) is 14.7 Å². The molecule has 0 saturated carbocycles. The largest absolute Gasteiger partial charge is 0.480 e. The highest BCUT2D eigenvalue weighted by atomic mass is 16.6. The first-order valence-electron chi connectivity index (χ1n) is 14.6. The molecule has 1 aromatic heterocycles. The number of carbonyl (C=O) groups is 2. The number of rotatable bonds is 14. The van der Waals surface area contributed by atoms with E-state index in [1.54, 1.807) is 38.4 Å². The molecule has 1 unspecified atom stereocenters. The molecule has 1 fully saturated rings. The number of ether oxygens (including phenoxy) is 1. The molecule has 0 bridgehead atoms. The van der Waals surface area contributed by atoms with E-state index in [0.717, 1.165) is 24.9 Å². The van der Waals surface area contributed by atoms with Crippen LogP contribution in [0.25, 0.3) is 0 Å². The molecule has 1 saturated heterocycles. The molecule has 230 valence electrons. The Bertz CT molecular complexity index is 1350. The topological polar surface area (TPSA) is 145 Å². The highest BCUT2D eigenvalue weighted by Crippen LogP contribution is 2.19. The Kier molecular flexibility index (Phi) is 11.1. The molecule has 2 heterocycles. The molecule has 4 N–H and O–H groups in total. The van der Waals surface area contributed by atoms with E-state index in [1.807, 2.05) is 0 Å². The molecular weight excluding hydrogens is 548 g/mol. The zero-order chi connectivity index (χ0) is 30.8. The number of nitrogens with zero attached hydrogens (tertiary/aromatic N) is 5. The van der Waals surface area contributed by atoms with Gasteiger partial charge >= 0.3 is 12.1 Å². The lowest BCUT2D eigenvalue weighted by molar-refractivity contribution is -0.137. The predicted octanol–water partition coefficient (Wildman–Crippen LogP) is 3.90. The Labute approximate surface area is 252 Å². The van der Waals surface area contributed by atoms with E-state index < -0.39 is 18.1 Å². The third-order valence-corrected chi connectivity index (χ3v) is 7.42. The van der Waals surface area contributed by atoms with Gasteiger partial charge in [-0.3, -0.25) is 0 Å². The van der Waals surface area contributed by atoms with Crippen LogP contribution in [0.5, 0.6) is 5.75 Å². The number of carboxylic acid groups (broad SMARTS) is 1. The lowest BCUT2D eigenvalue weighted by Crippen LogP contribution is -2.32. The maximum Gasteiger partial charge on any atom is 0.414 e. The fourth-order valence-corrected chi connectivity index (χ4v) is 4.84. The van der Waals surface area contributed by atoms with Gasteiger partial charge in [0, 0.05) is 39.6 Å². The fraction of sp³-hybridized carbons (Fsp3) is 0.452. The number of aliphatic carboxylic acids is 1. The van der Waals surface area contributed by atoms with E-state index in [1.165, 1.54) is 28.9 Å². The van der Waals surface area contributed by atoms with Crippen LogP contribution < -0.4 is 20.7 Å². The fourth-order valence-electron chi connectivity index (χ4n) is 4.84. The van der Waals surface area contributed by atoms with Gasteiger partial charge in [0.15, 0.2) is 0 Å². The molecule has 2 aromatic carbocycles. The van der Waals surface area contributed by atoms with Crippen LogP contribution in [0.15, 0.2) is 48.5 Å². The van der Waals surface area contributed by atoms with Crippen molar-refractivity contribution in [2.24, 2.45) is 0 Å². The highest BCUT2D eigenvalue weighted by molar-refractivity contribution is 5.77. The van der Waals surface area contributed by atoms with E-state index in [0.29, 0.717) is 36.8 Å². The van der Waals surface area contributed by atoms with Crippen LogP contribution in [0.3, 0.4) is 0 Å². The summed E-state index contributed by atoms with van der Waals surface area (Å²) >= 11 is 0. The molecule has 1 aliphatic rings. The standard InChI is InChI=1S/C31H42N8O4/c1-21-7-9-22(10-8-21)15-17-32-28-35-29(33-18-16-24-6-5-19-39(24)4)37-30(36-28)34-26(27(40)41)20-23-11-13-25(14-12-23)43-31(42)38(2)3/h7-14,24,26H,5-6,15-20H2,1-4H3,(H,40,41)(H3,32,33,34,35,36,37)/t24?,26-/m0/s1. The second-order valence-electron chi connectivity index (χ2n) is 11.1. The van der Waals surface area contributed by atoms with Crippen LogP contribution in [0, 0.1) is 6.92 Å². The number of anilines is 3. The molecule has 4 rings (SSSR count). The Balaban J connectivity index is 1.44. The predicted molar refractivity (Wildman–Crippen MR) is 167 cm³/mol. The average Bonchev–Trinajstić information content (AvgIpc) is 3.39. The highest BCUT2D eigenvalue weighted by Gasteiger charge is 2.22. The summed E-state index contributed by atoms with van der Waals surface area (Å²) in [6.07, 6.45) is 3.79. The number of aryl methyl sites for hydroxylation is 1. The molecule has 1 aliphatic heterocycles. The van der Waals surface area contributed by atoms with Gasteiger partial charge in [0.25, 0.3) is 0 Å². The summed E-state index contributed by atoms with van der Waals surface area (Å²) in [5.74, 6) is 0.238. The molecule has 0 radical (unpaired) electrons. The van der Waals surface area contributed by atoms with Crippen molar-refractivity contribution in [3.05, 3.63) is 65.2 Å². The van der Waals surface area contributed by atoms with E-state index in [2.05, 4.69) is 74.0 Å². The first-order valence-corrected chi connectivity index (χ1v) is 14.6. The van der Waals surface area contributed by atoms with Crippen LogP contribution in [-0.2, 0) is 17.6 Å². The SMILES string of the molecule is Cc1ccc(CCNc2nc(NCCC3CCCN3C)nc(N[C@@H](Cc3ccc(OC(=O)N(C)C)cc3)C(=O)O)n2)cc1. The minimum atomic E-state index is -1.05. The first-order chi connectivity index (χ1) is 20.7. The minimum absolute atomic E-state index is 0.163. The van der Waals surface area contributed by atoms with Gasteiger partial charge in [0.1, 0.15) is 11.8 Å². The van der Waals surface area contributed by atoms with E-state index in [4.69, 9.17) is 4.74 Å². The summed E-state index contributed by atoms with van der Waals surface area (Å²) in [7, 11) is 5.34. The molecule has 43 heavy (non-hydrogen) atoms. The van der Waals surface area contributed by atoms with Gasteiger partial charge in [-0.05, 0) is 69.5 Å². The summed E-state index contributed by atoms with van der Waals surface area (Å²) in [6.45, 7) is 4.46. The average molecular weight is 591 g/mol. The summed E-state index contributed by atoms with van der Waals surface area (Å²) in [6, 6.07) is 14.6. The van der Waals surface area contributed by atoms with Gasteiger partial charge < -0.3 is 35.6 Å². The van der Waals surface area contributed by atoms with Crippen molar-refractivity contribution < 1.29 is 19.4 Å². The Morgan fingerprint density at radius 1 is 0.977 bits per heavy atom. The number of carboxylic acids is 1. The number of nitrogens with one attached hydrogen (secondary N) is 3. The molecule has 12 nitrogen and oxygen atoms in total. The lowest BCUT2D eigenvalue weighted by atomic mass is 10.1. The summed E-state index contributed by atoms with van der Waals surface area (Å²) in [5.41, 5.74) is 3.15. The van der Waals surface area contributed by atoms with Gasteiger partial charge in [0.05, 0.1) is 0 Å². The van der Waals surface area contributed by atoms with E-state index in [-0.39, 0.29) is 12.4 Å².